The molecular formula is C18H24ClF2N3O2. The van der Waals surface area contributed by atoms with Crippen molar-refractivity contribution in [1.29, 1.82) is 0 Å². The van der Waals surface area contributed by atoms with Crippen molar-refractivity contribution in [3.05, 3.63) is 29.8 Å². The van der Waals surface area contributed by atoms with Crippen LogP contribution in [-0.2, 0) is 9.59 Å². The van der Waals surface area contributed by atoms with Gasteiger partial charge in [-0.2, -0.15) is 0 Å². The lowest BCUT2D eigenvalue weighted by atomic mass is 9.91. The minimum Gasteiger partial charge on any atom is -0.342 e. The van der Waals surface area contributed by atoms with Crippen LogP contribution in [-0.4, -0.2) is 42.4 Å². The molecule has 0 spiro atoms. The molecule has 1 aromatic rings. The van der Waals surface area contributed by atoms with Crippen molar-refractivity contribution in [2.45, 2.75) is 32.2 Å². The second-order valence-corrected chi connectivity index (χ2v) is 7.05. The number of nitrogens with two attached hydrogens (primary N) is 1. The fourth-order valence-corrected chi connectivity index (χ4v) is 3.70. The first-order chi connectivity index (χ1) is 11.9. The van der Waals surface area contributed by atoms with E-state index in [1.807, 2.05) is 6.92 Å². The fraction of sp³-hybridized carbons (Fsp3) is 0.556. The third-order valence-electron chi connectivity index (χ3n) is 5.19. The molecule has 2 saturated heterocycles. The minimum atomic E-state index is -0.795. The Morgan fingerprint density at radius 3 is 2.69 bits per heavy atom. The molecule has 3 atom stereocenters. The van der Waals surface area contributed by atoms with E-state index in [1.54, 1.807) is 4.90 Å². The van der Waals surface area contributed by atoms with Crippen LogP contribution in [0.2, 0.25) is 0 Å². The molecule has 2 N–H and O–H groups in total. The molecule has 2 amide bonds. The smallest absolute Gasteiger partial charge is 0.228 e. The second-order valence-electron chi connectivity index (χ2n) is 7.05. The molecule has 0 aliphatic carbocycles. The van der Waals surface area contributed by atoms with E-state index in [0.29, 0.717) is 13.1 Å². The molecular weight excluding hydrogens is 364 g/mol. The molecule has 3 rings (SSSR count). The van der Waals surface area contributed by atoms with Gasteiger partial charge in [0, 0.05) is 38.2 Å². The molecule has 0 saturated carbocycles. The largest absolute Gasteiger partial charge is 0.342 e. The number of hydrogen-bond donors (Lipinski definition) is 1. The van der Waals surface area contributed by atoms with Gasteiger partial charge in [0.15, 0.2) is 0 Å². The molecule has 3 unspecified atom stereocenters. The van der Waals surface area contributed by atoms with E-state index in [2.05, 4.69) is 0 Å². The van der Waals surface area contributed by atoms with Gasteiger partial charge >= 0.3 is 0 Å². The van der Waals surface area contributed by atoms with Crippen LogP contribution < -0.4 is 10.6 Å². The average molecular weight is 388 g/mol. The van der Waals surface area contributed by atoms with Crippen molar-refractivity contribution in [3.63, 3.8) is 0 Å². The maximum Gasteiger partial charge on any atom is 0.228 e. The summed E-state index contributed by atoms with van der Waals surface area (Å²) in [7, 11) is 0. The number of carbonyl (C=O) groups is 2. The number of hydrogen-bond acceptors (Lipinski definition) is 3. The van der Waals surface area contributed by atoms with Crippen molar-refractivity contribution in [2.75, 3.05) is 24.5 Å². The summed E-state index contributed by atoms with van der Waals surface area (Å²) >= 11 is 0. The van der Waals surface area contributed by atoms with Crippen molar-refractivity contribution in [3.8, 4) is 0 Å². The monoisotopic (exact) mass is 387 g/mol. The van der Waals surface area contributed by atoms with Gasteiger partial charge in [-0.3, -0.25) is 9.59 Å². The summed E-state index contributed by atoms with van der Waals surface area (Å²) in [5, 5.41) is 0. The second kappa shape index (κ2) is 8.31. The zero-order valence-electron chi connectivity index (χ0n) is 14.7. The Kier molecular flexibility index (Phi) is 6.58. The first kappa shape index (κ1) is 20.6. The Bertz CT molecular complexity index is 686. The van der Waals surface area contributed by atoms with Crippen LogP contribution in [0.25, 0.3) is 0 Å². The number of rotatable bonds is 3. The van der Waals surface area contributed by atoms with E-state index in [1.165, 1.54) is 11.0 Å². The molecule has 0 aromatic heterocycles. The van der Waals surface area contributed by atoms with E-state index in [0.717, 1.165) is 25.0 Å². The number of benzene rings is 1. The summed E-state index contributed by atoms with van der Waals surface area (Å²) in [6.45, 7) is 3.33. The number of likely N-dealkylation sites (tertiary alicyclic amines) is 1. The number of nitrogens with zero attached hydrogens (tertiary/aromatic N) is 2. The molecule has 1 aromatic carbocycles. The molecule has 5 nitrogen and oxygen atoms in total. The normalized spacial score (nSPS) is 24.4. The molecule has 26 heavy (non-hydrogen) atoms. The Hall–Kier alpha value is -1.73. The molecule has 8 heteroatoms. The summed E-state index contributed by atoms with van der Waals surface area (Å²) < 4.78 is 27.0. The molecule has 144 valence electrons. The molecule has 2 aliphatic heterocycles. The summed E-state index contributed by atoms with van der Waals surface area (Å²) in [5.74, 6) is -2.12. The lowest BCUT2D eigenvalue weighted by Crippen LogP contribution is -2.47. The summed E-state index contributed by atoms with van der Waals surface area (Å²) in [5.41, 5.74) is 5.98. The Morgan fingerprint density at radius 1 is 1.31 bits per heavy atom. The van der Waals surface area contributed by atoms with E-state index in [4.69, 9.17) is 5.73 Å². The van der Waals surface area contributed by atoms with Gasteiger partial charge in [0.1, 0.15) is 11.6 Å². The number of anilines is 1. The average Bonchev–Trinajstić information content (AvgIpc) is 2.96. The topological polar surface area (TPSA) is 66.6 Å². The highest BCUT2D eigenvalue weighted by Crippen LogP contribution is 2.30. The highest BCUT2D eigenvalue weighted by atomic mass is 35.5. The van der Waals surface area contributed by atoms with Crippen molar-refractivity contribution in [1.82, 2.24) is 4.90 Å². The van der Waals surface area contributed by atoms with Crippen LogP contribution in [0.3, 0.4) is 0 Å². The highest BCUT2D eigenvalue weighted by molar-refractivity contribution is 6.00. The van der Waals surface area contributed by atoms with Gasteiger partial charge in [-0.1, -0.05) is 0 Å². The molecule has 0 radical (unpaired) electrons. The van der Waals surface area contributed by atoms with E-state index in [-0.39, 0.29) is 54.8 Å². The first-order valence-corrected chi connectivity index (χ1v) is 8.66. The number of piperidine rings is 1. The lowest BCUT2D eigenvalue weighted by Gasteiger charge is -2.35. The summed E-state index contributed by atoms with van der Waals surface area (Å²) in [6.07, 6.45) is 1.95. The highest BCUT2D eigenvalue weighted by Gasteiger charge is 2.39. The van der Waals surface area contributed by atoms with Crippen LogP contribution in [0, 0.1) is 23.5 Å². The first-order valence-electron chi connectivity index (χ1n) is 8.66. The standard InChI is InChI=1S/C18H23F2N3O2.ClH/c1-11(21)12-3-2-6-22(9-12)18(25)13-7-17(24)23(10-13)16-5-4-14(19)8-15(16)20;/h4-5,8,11-13H,2-3,6-7,9-10,21H2,1H3;1H. The number of halogens is 3. The zero-order valence-corrected chi connectivity index (χ0v) is 15.5. The molecule has 2 aliphatic rings. The van der Waals surface area contributed by atoms with Crippen LogP contribution in [0.1, 0.15) is 26.2 Å². The maximum absolute atomic E-state index is 14.0. The third kappa shape index (κ3) is 4.15. The predicted molar refractivity (Wildman–Crippen MR) is 97.0 cm³/mol. The van der Waals surface area contributed by atoms with Gasteiger partial charge in [-0.15, -0.1) is 12.4 Å². The molecule has 2 heterocycles. The van der Waals surface area contributed by atoms with Gasteiger partial charge in [0.25, 0.3) is 0 Å². The number of amides is 2. The Labute approximate surface area is 157 Å². The van der Waals surface area contributed by atoms with Crippen LogP contribution in [0.5, 0.6) is 0 Å². The van der Waals surface area contributed by atoms with Crippen LogP contribution in [0.4, 0.5) is 14.5 Å². The van der Waals surface area contributed by atoms with Gasteiger partial charge in [0.05, 0.1) is 11.6 Å². The predicted octanol–water partition coefficient (Wildman–Crippen LogP) is 2.33. The number of carbonyl (C=O) groups excluding carboxylic acids is 2. The van der Waals surface area contributed by atoms with Gasteiger partial charge in [-0.05, 0) is 37.8 Å². The maximum atomic E-state index is 14.0. The van der Waals surface area contributed by atoms with E-state index in [9.17, 15) is 18.4 Å². The van der Waals surface area contributed by atoms with Crippen molar-refractivity contribution < 1.29 is 18.4 Å². The summed E-state index contributed by atoms with van der Waals surface area (Å²) in [4.78, 5) is 28.1. The Morgan fingerprint density at radius 2 is 2.04 bits per heavy atom. The Balaban J connectivity index is 0.00000243. The van der Waals surface area contributed by atoms with Gasteiger partial charge in [-0.25, -0.2) is 8.78 Å². The van der Waals surface area contributed by atoms with Crippen molar-refractivity contribution in [2.24, 2.45) is 17.6 Å². The lowest BCUT2D eigenvalue weighted by molar-refractivity contribution is -0.137. The van der Waals surface area contributed by atoms with Crippen LogP contribution >= 0.6 is 12.4 Å². The third-order valence-corrected chi connectivity index (χ3v) is 5.19. The van der Waals surface area contributed by atoms with Gasteiger partial charge < -0.3 is 15.5 Å². The quantitative estimate of drug-likeness (QED) is 0.865. The molecule has 0 bridgehead atoms. The molecule has 2 fully saturated rings. The fourth-order valence-electron chi connectivity index (χ4n) is 3.70. The summed E-state index contributed by atoms with van der Waals surface area (Å²) in [6, 6.07) is 3.11. The zero-order chi connectivity index (χ0) is 18.1. The minimum absolute atomic E-state index is 0. The van der Waals surface area contributed by atoms with Crippen LogP contribution in [0.15, 0.2) is 18.2 Å². The van der Waals surface area contributed by atoms with Crippen molar-refractivity contribution >= 4 is 29.9 Å². The van der Waals surface area contributed by atoms with E-state index >= 15 is 0 Å². The van der Waals surface area contributed by atoms with E-state index < -0.39 is 17.6 Å². The van der Waals surface area contributed by atoms with Gasteiger partial charge in [0.2, 0.25) is 11.8 Å². The SMILES string of the molecule is CC(N)C1CCCN(C(=O)C2CC(=O)N(c3ccc(F)cc3F)C2)C1.Cl.